The van der Waals surface area contributed by atoms with Crippen LogP contribution in [0, 0.1) is 10.1 Å². The van der Waals surface area contributed by atoms with Crippen LogP contribution in [0.4, 0.5) is 5.69 Å². The van der Waals surface area contributed by atoms with E-state index in [1.807, 2.05) is 0 Å². The molecule has 1 heterocycles. The number of non-ortho nitro benzene ring substituents is 1. The number of benzene rings is 1. The van der Waals surface area contributed by atoms with Gasteiger partial charge in [-0.2, -0.15) is 0 Å². The zero-order chi connectivity index (χ0) is 13.8. The summed E-state index contributed by atoms with van der Waals surface area (Å²) in [6, 6.07) is 7.89. The van der Waals surface area contributed by atoms with Crippen molar-refractivity contribution in [2.45, 2.75) is 13.0 Å². The third-order valence-electron chi connectivity index (χ3n) is 2.80. The molecule has 6 heteroatoms. The number of nitrogens with zero attached hydrogens (tertiary/aromatic N) is 2. The van der Waals surface area contributed by atoms with Crippen LogP contribution < -0.4 is 0 Å². The van der Waals surface area contributed by atoms with Crippen molar-refractivity contribution >= 4 is 11.7 Å². The molecule has 6 nitrogen and oxygen atoms in total. The van der Waals surface area contributed by atoms with Crippen LogP contribution in [-0.2, 0) is 13.0 Å². The second-order valence-corrected chi connectivity index (χ2v) is 4.12. The van der Waals surface area contributed by atoms with Crippen molar-refractivity contribution in [1.29, 1.82) is 0 Å². The lowest BCUT2D eigenvalue weighted by atomic mass is 10.1. The third-order valence-corrected chi connectivity index (χ3v) is 2.80. The zero-order valence-electron chi connectivity index (χ0n) is 10.0. The minimum Gasteiger partial charge on any atom is -0.478 e. The van der Waals surface area contributed by atoms with Crippen molar-refractivity contribution in [3.8, 4) is 0 Å². The van der Waals surface area contributed by atoms with Crippen molar-refractivity contribution in [3.63, 3.8) is 0 Å². The molecule has 0 aliphatic rings. The van der Waals surface area contributed by atoms with Crippen molar-refractivity contribution in [3.05, 3.63) is 64.0 Å². The van der Waals surface area contributed by atoms with E-state index < -0.39 is 10.9 Å². The summed E-state index contributed by atoms with van der Waals surface area (Å²) >= 11 is 0. The lowest BCUT2D eigenvalue weighted by Gasteiger charge is -2.03. The Labute approximate surface area is 109 Å². The van der Waals surface area contributed by atoms with E-state index in [4.69, 9.17) is 5.11 Å². The largest absolute Gasteiger partial charge is 0.478 e. The van der Waals surface area contributed by atoms with E-state index in [1.54, 1.807) is 29.1 Å². The number of rotatable bonds is 5. The monoisotopic (exact) mass is 260 g/mol. The van der Waals surface area contributed by atoms with Gasteiger partial charge in [0.05, 0.1) is 10.5 Å². The van der Waals surface area contributed by atoms with E-state index in [1.165, 1.54) is 18.2 Å². The normalized spacial score (nSPS) is 10.3. The summed E-state index contributed by atoms with van der Waals surface area (Å²) in [6.45, 7) is 0.630. The lowest BCUT2D eigenvalue weighted by molar-refractivity contribution is -0.384. The SMILES string of the molecule is O=C(O)c1ccn(CCc2ccc([N+](=O)[O-])cc2)c1. The van der Waals surface area contributed by atoms with Gasteiger partial charge in [0.15, 0.2) is 0 Å². The van der Waals surface area contributed by atoms with Gasteiger partial charge in [-0.3, -0.25) is 10.1 Å². The van der Waals surface area contributed by atoms with Gasteiger partial charge >= 0.3 is 5.97 Å². The molecule has 98 valence electrons. The Kier molecular flexibility index (Phi) is 3.61. The molecular formula is C13H12N2O4. The molecule has 0 amide bonds. The fourth-order valence-corrected chi connectivity index (χ4v) is 1.75. The number of carboxylic acids is 1. The second kappa shape index (κ2) is 5.34. The molecule has 1 aromatic heterocycles. The number of aromatic carboxylic acids is 1. The molecule has 2 rings (SSSR count). The van der Waals surface area contributed by atoms with Gasteiger partial charge in [-0.25, -0.2) is 4.79 Å². The van der Waals surface area contributed by atoms with Gasteiger partial charge in [0.1, 0.15) is 0 Å². The van der Waals surface area contributed by atoms with Gasteiger partial charge in [0.2, 0.25) is 0 Å². The summed E-state index contributed by atoms with van der Waals surface area (Å²) in [5, 5.41) is 19.3. The van der Waals surface area contributed by atoms with Crippen LogP contribution in [-0.4, -0.2) is 20.6 Å². The molecule has 19 heavy (non-hydrogen) atoms. The van der Waals surface area contributed by atoms with E-state index in [9.17, 15) is 14.9 Å². The first kappa shape index (κ1) is 12.8. The molecular weight excluding hydrogens is 248 g/mol. The van der Waals surface area contributed by atoms with Gasteiger partial charge < -0.3 is 9.67 Å². The Morgan fingerprint density at radius 3 is 2.47 bits per heavy atom. The Bertz CT molecular complexity index is 601. The maximum Gasteiger partial charge on any atom is 0.337 e. The number of hydrogen-bond acceptors (Lipinski definition) is 3. The molecule has 0 aliphatic heterocycles. The first-order chi connectivity index (χ1) is 9.06. The highest BCUT2D eigenvalue weighted by molar-refractivity contribution is 5.87. The van der Waals surface area contributed by atoms with Gasteiger partial charge in [-0.05, 0) is 18.1 Å². The summed E-state index contributed by atoms with van der Waals surface area (Å²) in [5.74, 6) is -0.950. The Morgan fingerprint density at radius 2 is 1.95 bits per heavy atom. The van der Waals surface area contributed by atoms with Crippen LogP contribution in [0.3, 0.4) is 0 Å². The van der Waals surface area contributed by atoms with Crippen molar-refractivity contribution in [2.75, 3.05) is 0 Å². The molecule has 0 saturated heterocycles. The molecule has 0 saturated carbocycles. The number of aromatic nitrogens is 1. The molecule has 0 radical (unpaired) electrons. The minimum absolute atomic E-state index is 0.0675. The van der Waals surface area contributed by atoms with E-state index in [0.29, 0.717) is 13.0 Å². The molecule has 0 aliphatic carbocycles. The first-order valence-electron chi connectivity index (χ1n) is 5.68. The van der Waals surface area contributed by atoms with Crippen molar-refractivity contribution < 1.29 is 14.8 Å². The van der Waals surface area contributed by atoms with Crippen LogP contribution in [0.2, 0.25) is 0 Å². The summed E-state index contributed by atoms with van der Waals surface area (Å²) in [4.78, 5) is 20.8. The highest BCUT2D eigenvalue weighted by Gasteiger charge is 2.06. The number of nitro benzene ring substituents is 1. The number of aryl methyl sites for hydroxylation is 2. The minimum atomic E-state index is -0.950. The van der Waals surface area contributed by atoms with Crippen molar-refractivity contribution in [2.24, 2.45) is 0 Å². The van der Waals surface area contributed by atoms with Crippen LogP contribution in [0.1, 0.15) is 15.9 Å². The smallest absolute Gasteiger partial charge is 0.337 e. The number of carbonyl (C=O) groups is 1. The maximum atomic E-state index is 10.7. The standard InChI is InChI=1S/C13H12N2O4/c16-13(17)11-6-8-14(9-11)7-5-10-1-3-12(4-2-10)15(18)19/h1-4,6,8-9H,5,7H2,(H,16,17). The molecule has 0 fully saturated rings. The quantitative estimate of drug-likeness (QED) is 0.660. The Balaban J connectivity index is 1.97. The highest BCUT2D eigenvalue weighted by Crippen LogP contribution is 2.13. The second-order valence-electron chi connectivity index (χ2n) is 4.12. The van der Waals surface area contributed by atoms with Crippen LogP contribution >= 0.6 is 0 Å². The summed E-state index contributed by atoms with van der Waals surface area (Å²) < 4.78 is 1.78. The number of carboxylic acid groups (broad SMARTS) is 1. The molecule has 1 N–H and O–H groups in total. The van der Waals surface area contributed by atoms with Gasteiger partial charge in [0, 0.05) is 31.1 Å². The van der Waals surface area contributed by atoms with E-state index in [-0.39, 0.29) is 11.3 Å². The summed E-state index contributed by atoms with van der Waals surface area (Å²) in [7, 11) is 0. The maximum absolute atomic E-state index is 10.7. The van der Waals surface area contributed by atoms with Gasteiger partial charge in [0.25, 0.3) is 5.69 Å². The topological polar surface area (TPSA) is 85.4 Å². The van der Waals surface area contributed by atoms with Gasteiger partial charge in [-0.15, -0.1) is 0 Å². The first-order valence-corrected chi connectivity index (χ1v) is 5.68. The predicted octanol–water partition coefficient (Wildman–Crippen LogP) is 2.34. The van der Waals surface area contributed by atoms with Gasteiger partial charge in [-0.1, -0.05) is 12.1 Å². The zero-order valence-corrected chi connectivity index (χ0v) is 10.0. The molecule has 0 bridgehead atoms. The third kappa shape index (κ3) is 3.19. The average Bonchev–Trinajstić information content (AvgIpc) is 2.86. The highest BCUT2D eigenvalue weighted by atomic mass is 16.6. The summed E-state index contributed by atoms with van der Waals surface area (Å²) in [5.41, 5.74) is 1.29. The average molecular weight is 260 g/mol. The Morgan fingerprint density at radius 1 is 1.26 bits per heavy atom. The van der Waals surface area contributed by atoms with Crippen molar-refractivity contribution in [1.82, 2.24) is 4.57 Å². The number of hydrogen-bond donors (Lipinski definition) is 1. The fourth-order valence-electron chi connectivity index (χ4n) is 1.75. The predicted molar refractivity (Wildman–Crippen MR) is 68.2 cm³/mol. The molecule has 1 aromatic carbocycles. The van der Waals surface area contributed by atoms with Crippen LogP contribution in [0.5, 0.6) is 0 Å². The van der Waals surface area contributed by atoms with Crippen LogP contribution in [0.25, 0.3) is 0 Å². The molecule has 0 spiro atoms. The van der Waals surface area contributed by atoms with E-state index in [0.717, 1.165) is 5.56 Å². The summed E-state index contributed by atoms with van der Waals surface area (Å²) in [6.07, 6.45) is 3.95. The van der Waals surface area contributed by atoms with E-state index in [2.05, 4.69) is 0 Å². The fraction of sp³-hybridized carbons (Fsp3) is 0.154. The lowest BCUT2D eigenvalue weighted by Crippen LogP contribution is -2.00. The van der Waals surface area contributed by atoms with Crippen LogP contribution in [0.15, 0.2) is 42.7 Å². The Hall–Kier alpha value is -2.63. The molecule has 0 unspecified atom stereocenters. The number of nitro groups is 1. The molecule has 0 atom stereocenters. The van der Waals surface area contributed by atoms with E-state index >= 15 is 0 Å². The molecule has 2 aromatic rings.